The quantitative estimate of drug-likeness (QED) is 0.513. The zero-order valence-corrected chi connectivity index (χ0v) is 11.5. The summed E-state index contributed by atoms with van der Waals surface area (Å²) in [6, 6.07) is 10.7. The number of benzene rings is 1. The minimum absolute atomic E-state index is 0.286. The molecule has 4 heteroatoms. The number of nitrogens with two attached hydrogens (primary N) is 1. The molecule has 0 aliphatic heterocycles. The fraction of sp³-hybridized carbons (Fsp3) is 0.538. The lowest BCUT2D eigenvalue weighted by Crippen LogP contribution is -2.28. The van der Waals surface area contributed by atoms with Crippen LogP contribution in [0.1, 0.15) is 13.3 Å². The van der Waals surface area contributed by atoms with E-state index in [9.17, 15) is 0 Å². The van der Waals surface area contributed by atoms with Crippen LogP contribution in [-0.4, -0.2) is 37.1 Å². The maximum absolute atomic E-state index is 7.00. The Hall–Kier alpha value is -0.550. The molecule has 17 heavy (non-hydrogen) atoms. The molecule has 0 aliphatic rings. The van der Waals surface area contributed by atoms with Crippen molar-refractivity contribution >= 4 is 11.8 Å². The van der Waals surface area contributed by atoms with Gasteiger partial charge in [-0.1, -0.05) is 25.1 Å². The molecule has 0 heterocycles. The Bertz CT molecular complexity index is 257. The van der Waals surface area contributed by atoms with Crippen LogP contribution in [0.15, 0.2) is 35.2 Å². The zero-order valence-electron chi connectivity index (χ0n) is 10.7. The van der Waals surface area contributed by atoms with E-state index in [1.54, 1.807) is 0 Å². The van der Waals surface area contributed by atoms with Gasteiger partial charge in [0.2, 0.25) is 0 Å². The summed E-state index contributed by atoms with van der Waals surface area (Å²) in [5.74, 6) is 0.995. The largest absolute Gasteiger partial charge is 0.400 e. The van der Waals surface area contributed by atoms with Crippen LogP contribution < -0.4 is 11.1 Å². The summed E-state index contributed by atoms with van der Waals surface area (Å²) in [4.78, 5) is 1.30. The molecule has 0 aliphatic carbocycles. The van der Waals surface area contributed by atoms with Gasteiger partial charge in [0.25, 0.3) is 0 Å². The molecule has 0 saturated carbocycles. The van der Waals surface area contributed by atoms with Crippen LogP contribution in [-0.2, 0) is 0 Å². The van der Waals surface area contributed by atoms with Gasteiger partial charge in [-0.25, -0.2) is 0 Å². The summed E-state index contributed by atoms with van der Waals surface area (Å²) in [5, 5.41) is 10.3. The van der Waals surface area contributed by atoms with Crippen LogP contribution in [0.2, 0.25) is 0 Å². The Kier molecular flexibility index (Phi) is 11.5. The molecule has 0 fully saturated rings. The zero-order chi connectivity index (χ0) is 12.9. The fourth-order valence-corrected chi connectivity index (χ4v) is 2.19. The molecule has 4 N–H and O–H groups in total. The second-order valence-electron chi connectivity index (χ2n) is 3.53. The van der Waals surface area contributed by atoms with E-state index in [1.807, 2.05) is 17.8 Å². The molecule has 1 aromatic carbocycles. The smallest absolute Gasteiger partial charge is 0.0319 e. The molecule has 1 unspecified atom stereocenters. The molecule has 1 atom stereocenters. The van der Waals surface area contributed by atoms with Gasteiger partial charge in [-0.05, 0) is 31.6 Å². The summed E-state index contributed by atoms with van der Waals surface area (Å²) in [7, 11) is 1.00. The van der Waals surface area contributed by atoms with Crippen molar-refractivity contribution in [3.8, 4) is 0 Å². The van der Waals surface area contributed by atoms with E-state index in [2.05, 4.69) is 36.5 Å². The Morgan fingerprint density at radius 1 is 1.29 bits per heavy atom. The number of aliphatic hydroxyl groups is 1. The molecule has 0 aromatic heterocycles. The molecule has 0 bridgehead atoms. The third kappa shape index (κ3) is 9.18. The summed E-state index contributed by atoms with van der Waals surface area (Å²) in [5.41, 5.74) is 6.00. The fourth-order valence-electron chi connectivity index (χ4n) is 1.27. The van der Waals surface area contributed by atoms with Crippen molar-refractivity contribution in [2.75, 3.05) is 26.0 Å². The van der Waals surface area contributed by atoms with Gasteiger partial charge in [-0.3, -0.25) is 0 Å². The first kappa shape index (κ1) is 16.4. The Morgan fingerprint density at radius 2 is 1.94 bits per heavy atom. The predicted octanol–water partition coefficient (Wildman–Crippen LogP) is 1.71. The number of aliphatic hydroxyl groups excluding tert-OH is 1. The number of nitrogens with one attached hydrogen (secondary N) is 1. The van der Waals surface area contributed by atoms with Crippen LogP contribution in [0.3, 0.4) is 0 Å². The summed E-state index contributed by atoms with van der Waals surface area (Å²) < 4.78 is 0. The topological polar surface area (TPSA) is 58.3 Å². The molecule has 0 spiro atoms. The van der Waals surface area contributed by atoms with Crippen molar-refractivity contribution in [3.05, 3.63) is 30.3 Å². The number of rotatable bonds is 7. The average molecular weight is 256 g/mol. The lowest BCUT2D eigenvalue weighted by Gasteiger charge is -2.11. The SMILES string of the molecule is CCNCCC(N)CSc1ccccc1.CO. The molecule has 0 amide bonds. The second kappa shape index (κ2) is 11.9. The summed E-state index contributed by atoms with van der Waals surface area (Å²) in [6.45, 7) is 4.16. The molecule has 1 rings (SSSR count). The van der Waals surface area contributed by atoms with E-state index in [-0.39, 0.29) is 6.04 Å². The monoisotopic (exact) mass is 256 g/mol. The standard InChI is InChI=1S/C12H20N2S.CH4O/c1-2-14-9-8-11(13)10-15-12-6-4-3-5-7-12;1-2/h3-7,11,14H,2,8-10,13H2,1H3;2H,1H3. The third-order valence-electron chi connectivity index (χ3n) is 2.15. The molecule has 98 valence electrons. The van der Waals surface area contributed by atoms with E-state index in [0.29, 0.717) is 0 Å². The number of thioether (sulfide) groups is 1. The molecular weight excluding hydrogens is 232 g/mol. The van der Waals surface area contributed by atoms with Crippen molar-refractivity contribution in [1.29, 1.82) is 0 Å². The van der Waals surface area contributed by atoms with Gasteiger partial charge in [0, 0.05) is 23.8 Å². The van der Waals surface area contributed by atoms with Crippen LogP contribution in [0.5, 0.6) is 0 Å². The predicted molar refractivity (Wildman–Crippen MR) is 76.4 cm³/mol. The van der Waals surface area contributed by atoms with Gasteiger partial charge in [0.1, 0.15) is 0 Å². The van der Waals surface area contributed by atoms with Crippen LogP contribution >= 0.6 is 11.8 Å². The van der Waals surface area contributed by atoms with Crippen LogP contribution in [0.4, 0.5) is 0 Å². The maximum Gasteiger partial charge on any atom is 0.0319 e. The Labute approximate surface area is 109 Å². The van der Waals surface area contributed by atoms with Crippen molar-refractivity contribution in [2.45, 2.75) is 24.3 Å². The van der Waals surface area contributed by atoms with Crippen molar-refractivity contribution in [3.63, 3.8) is 0 Å². The Morgan fingerprint density at radius 3 is 2.53 bits per heavy atom. The highest BCUT2D eigenvalue weighted by Crippen LogP contribution is 2.17. The molecule has 3 nitrogen and oxygen atoms in total. The van der Waals surface area contributed by atoms with E-state index in [0.717, 1.165) is 32.4 Å². The first-order valence-electron chi connectivity index (χ1n) is 5.91. The highest BCUT2D eigenvalue weighted by Gasteiger charge is 2.02. The first-order valence-corrected chi connectivity index (χ1v) is 6.90. The van der Waals surface area contributed by atoms with Gasteiger partial charge in [-0.15, -0.1) is 11.8 Å². The van der Waals surface area contributed by atoms with Gasteiger partial charge < -0.3 is 16.2 Å². The van der Waals surface area contributed by atoms with Gasteiger partial charge in [0.05, 0.1) is 0 Å². The average Bonchev–Trinajstić information content (AvgIpc) is 2.40. The van der Waals surface area contributed by atoms with Crippen molar-refractivity contribution < 1.29 is 5.11 Å². The minimum atomic E-state index is 0.286. The third-order valence-corrected chi connectivity index (χ3v) is 3.35. The van der Waals surface area contributed by atoms with E-state index >= 15 is 0 Å². The van der Waals surface area contributed by atoms with Gasteiger partial charge in [0.15, 0.2) is 0 Å². The van der Waals surface area contributed by atoms with Crippen molar-refractivity contribution in [1.82, 2.24) is 5.32 Å². The molecule has 0 saturated heterocycles. The minimum Gasteiger partial charge on any atom is -0.400 e. The highest BCUT2D eigenvalue weighted by molar-refractivity contribution is 7.99. The van der Waals surface area contributed by atoms with Crippen LogP contribution in [0, 0.1) is 0 Å². The van der Waals surface area contributed by atoms with E-state index in [1.165, 1.54) is 4.90 Å². The van der Waals surface area contributed by atoms with E-state index < -0.39 is 0 Å². The Balaban J connectivity index is 0.00000121. The van der Waals surface area contributed by atoms with E-state index in [4.69, 9.17) is 10.8 Å². The normalized spacial score (nSPS) is 11.5. The highest BCUT2D eigenvalue weighted by atomic mass is 32.2. The number of hydrogen-bond donors (Lipinski definition) is 3. The first-order chi connectivity index (χ1) is 8.33. The summed E-state index contributed by atoms with van der Waals surface area (Å²) >= 11 is 1.83. The molecular formula is C13H24N2OS. The second-order valence-corrected chi connectivity index (χ2v) is 4.62. The molecule has 0 radical (unpaired) electrons. The van der Waals surface area contributed by atoms with Crippen molar-refractivity contribution in [2.24, 2.45) is 5.73 Å². The maximum atomic E-state index is 7.00. The number of hydrogen-bond acceptors (Lipinski definition) is 4. The van der Waals surface area contributed by atoms with Gasteiger partial charge >= 0.3 is 0 Å². The summed E-state index contributed by atoms with van der Waals surface area (Å²) in [6.07, 6.45) is 1.05. The van der Waals surface area contributed by atoms with Gasteiger partial charge in [-0.2, -0.15) is 0 Å². The lowest BCUT2D eigenvalue weighted by atomic mass is 10.2. The molecule has 1 aromatic rings. The lowest BCUT2D eigenvalue weighted by molar-refractivity contribution is 0.399. The van der Waals surface area contributed by atoms with Crippen LogP contribution in [0.25, 0.3) is 0 Å².